The summed E-state index contributed by atoms with van der Waals surface area (Å²) in [6.07, 6.45) is 1.68. The van der Waals surface area contributed by atoms with E-state index in [0.717, 1.165) is 5.56 Å². The predicted molar refractivity (Wildman–Crippen MR) is 181 cm³/mol. The van der Waals surface area contributed by atoms with E-state index >= 15 is 0 Å². The quantitative estimate of drug-likeness (QED) is 0.0966. The van der Waals surface area contributed by atoms with E-state index in [4.69, 9.17) is 37.7 Å². The predicted octanol–water partition coefficient (Wildman–Crippen LogP) is 6.73. The number of carbonyl (C=O) groups is 1. The molecule has 0 fully saturated rings. The van der Waals surface area contributed by atoms with Gasteiger partial charge in [0.15, 0.2) is 4.80 Å². The largest absolute Gasteiger partial charge is 0.488 e. The molecule has 236 valence electrons. The highest BCUT2D eigenvalue weighted by Crippen LogP contribution is 2.35. The smallest absolute Gasteiger partial charge is 0.338 e. The molecule has 5 aromatic rings. The molecule has 0 saturated heterocycles. The van der Waals surface area contributed by atoms with Gasteiger partial charge in [-0.25, -0.2) is 9.79 Å². The van der Waals surface area contributed by atoms with Crippen molar-refractivity contribution in [3.63, 3.8) is 0 Å². The molecule has 0 saturated carbocycles. The number of esters is 1. The Kier molecular flexibility index (Phi) is 9.35. The first-order valence-electron chi connectivity index (χ1n) is 14.4. The number of aromatic nitrogens is 1. The number of hydrogen-bond acceptors (Lipinski definition) is 8. The van der Waals surface area contributed by atoms with Crippen molar-refractivity contribution in [1.29, 1.82) is 0 Å². The van der Waals surface area contributed by atoms with Gasteiger partial charge in [-0.2, -0.15) is 0 Å². The summed E-state index contributed by atoms with van der Waals surface area (Å²) in [5.41, 5.74) is 2.87. The van der Waals surface area contributed by atoms with E-state index in [1.807, 2.05) is 30.3 Å². The fraction of sp³-hybridized carbons (Fsp3) is 0.114. The van der Waals surface area contributed by atoms with Crippen molar-refractivity contribution >= 4 is 58.0 Å². The van der Waals surface area contributed by atoms with Crippen molar-refractivity contribution in [2.45, 2.75) is 19.6 Å². The SMILES string of the molecule is CCOC(=O)C1=C(c2ccccc2)N=c2s/c(=C\c3cc(Cl)ccc3OCc3ccc([N+](=O)[O-])cc3)c(=O)n2[C@H]1c1ccc(Cl)cc1. The van der Waals surface area contributed by atoms with Gasteiger partial charge >= 0.3 is 5.97 Å². The number of nitro benzene ring substituents is 1. The summed E-state index contributed by atoms with van der Waals surface area (Å²) < 4.78 is 13.4. The van der Waals surface area contributed by atoms with E-state index in [2.05, 4.69) is 0 Å². The molecule has 1 aliphatic heterocycles. The Balaban J connectivity index is 1.49. The number of nitro groups is 1. The van der Waals surface area contributed by atoms with Crippen LogP contribution in [0, 0.1) is 10.1 Å². The van der Waals surface area contributed by atoms with E-state index in [1.165, 1.54) is 28.0 Å². The van der Waals surface area contributed by atoms with Crippen LogP contribution in [0.15, 0.2) is 112 Å². The second-order valence-electron chi connectivity index (χ2n) is 10.4. The van der Waals surface area contributed by atoms with Crippen molar-refractivity contribution in [3.8, 4) is 5.75 Å². The standard InChI is InChI=1S/C35H25Cl2N3O6S/c1-2-45-34(42)30-31(22-6-4-3-5-7-22)38-35-39(32(30)23-10-12-25(36)13-11-23)33(41)29(47-35)19-24-18-26(37)14-17-28(24)46-20-21-8-15-27(16-9-21)40(43)44/h3-19,32H,2,20H2,1H3/b29-19-/t32-/m0/s1. The summed E-state index contributed by atoms with van der Waals surface area (Å²) in [6, 6.07) is 26.5. The summed E-state index contributed by atoms with van der Waals surface area (Å²) in [4.78, 5) is 43.7. The molecular weight excluding hydrogens is 661 g/mol. The number of halogens is 2. The molecule has 12 heteroatoms. The molecule has 1 aliphatic rings. The average Bonchev–Trinajstić information content (AvgIpc) is 3.38. The van der Waals surface area contributed by atoms with Crippen LogP contribution in [0.5, 0.6) is 5.75 Å². The zero-order valence-corrected chi connectivity index (χ0v) is 27.1. The van der Waals surface area contributed by atoms with Crippen molar-refractivity contribution < 1.29 is 19.2 Å². The van der Waals surface area contributed by atoms with Gasteiger partial charge in [0.25, 0.3) is 11.2 Å². The third-order valence-corrected chi connectivity index (χ3v) is 8.83. The average molecular weight is 687 g/mol. The van der Waals surface area contributed by atoms with Crippen LogP contribution in [0.3, 0.4) is 0 Å². The van der Waals surface area contributed by atoms with Crippen molar-refractivity contribution in [3.05, 3.63) is 165 Å². The number of hydrogen-bond donors (Lipinski definition) is 0. The van der Waals surface area contributed by atoms with Crippen LogP contribution in [-0.4, -0.2) is 22.1 Å². The van der Waals surface area contributed by atoms with Crippen LogP contribution in [0.4, 0.5) is 5.69 Å². The fourth-order valence-electron chi connectivity index (χ4n) is 5.18. The molecule has 1 aromatic heterocycles. The lowest BCUT2D eigenvalue weighted by atomic mass is 9.93. The number of rotatable bonds is 9. The Morgan fingerprint density at radius 2 is 1.70 bits per heavy atom. The van der Waals surface area contributed by atoms with Gasteiger partial charge < -0.3 is 9.47 Å². The third kappa shape index (κ3) is 6.76. The number of nitrogens with zero attached hydrogens (tertiary/aromatic N) is 3. The third-order valence-electron chi connectivity index (χ3n) is 7.36. The number of ether oxygens (including phenoxy) is 2. The van der Waals surface area contributed by atoms with Gasteiger partial charge in [0.2, 0.25) is 0 Å². The summed E-state index contributed by atoms with van der Waals surface area (Å²) in [5.74, 6) is -0.133. The van der Waals surface area contributed by atoms with Gasteiger partial charge in [0, 0.05) is 33.3 Å². The van der Waals surface area contributed by atoms with Gasteiger partial charge in [-0.05, 0) is 66.6 Å². The second kappa shape index (κ2) is 13.8. The Morgan fingerprint density at radius 1 is 1.00 bits per heavy atom. The number of carbonyl (C=O) groups excluding carboxylic acids is 1. The van der Waals surface area contributed by atoms with Crippen LogP contribution >= 0.6 is 34.5 Å². The maximum absolute atomic E-state index is 14.3. The van der Waals surface area contributed by atoms with Gasteiger partial charge in [0.1, 0.15) is 12.4 Å². The summed E-state index contributed by atoms with van der Waals surface area (Å²) in [7, 11) is 0. The number of benzene rings is 4. The monoisotopic (exact) mass is 685 g/mol. The topological polar surface area (TPSA) is 113 Å². The number of thiazole rings is 1. The zero-order chi connectivity index (χ0) is 33.1. The van der Waals surface area contributed by atoms with Crippen LogP contribution in [-0.2, 0) is 16.1 Å². The van der Waals surface area contributed by atoms with Crippen LogP contribution in [0.1, 0.15) is 35.2 Å². The molecule has 6 rings (SSSR count). The van der Waals surface area contributed by atoms with Gasteiger partial charge in [-0.3, -0.25) is 19.5 Å². The van der Waals surface area contributed by atoms with Crippen LogP contribution in [0.25, 0.3) is 11.8 Å². The molecule has 2 heterocycles. The molecule has 9 nitrogen and oxygen atoms in total. The Morgan fingerprint density at radius 3 is 2.38 bits per heavy atom. The first-order chi connectivity index (χ1) is 22.7. The maximum atomic E-state index is 14.3. The van der Waals surface area contributed by atoms with E-state index in [0.29, 0.717) is 47.5 Å². The summed E-state index contributed by atoms with van der Waals surface area (Å²) >= 11 is 13.8. The minimum Gasteiger partial charge on any atom is -0.488 e. The number of fused-ring (bicyclic) bond motifs is 1. The highest BCUT2D eigenvalue weighted by atomic mass is 35.5. The molecule has 4 aromatic carbocycles. The van der Waals surface area contributed by atoms with Gasteiger partial charge in [-0.1, -0.05) is 77.0 Å². The first-order valence-corrected chi connectivity index (χ1v) is 16.0. The molecule has 0 radical (unpaired) electrons. The maximum Gasteiger partial charge on any atom is 0.338 e. The Bertz CT molecular complexity index is 2200. The molecular formula is C35H25Cl2N3O6S. The van der Waals surface area contributed by atoms with Crippen molar-refractivity contribution in [2.24, 2.45) is 4.99 Å². The highest BCUT2D eigenvalue weighted by Gasteiger charge is 2.35. The normalized spacial score (nSPS) is 14.4. The van der Waals surface area contributed by atoms with Gasteiger partial charge in [0.05, 0.1) is 33.4 Å². The molecule has 0 bridgehead atoms. The highest BCUT2D eigenvalue weighted by molar-refractivity contribution is 7.07. The van der Waals surface area contributed by atoms with Crippen LogP contribution < -0.4 is 19.6 Å². The van der Waals surface area contributed by atoms with E-state index < -0.39 is 16.9 Å². The second-order valence-corrected chi connectivity index (χ2v) is 12.3. The minimum atomic E-state index is -0.850. The molecule has 0 unspecified atom stereocenters. The molecule has 0 amide bonds. The zero-order valence-electron chi connectivity index (χ0n) is 24.8. The number of non-ortho nitro benzene ring substituents is 1. The summed E-state index contributed by atoms with van der Waals surface area (Å²) in [6.45, 7) is 1.99. The fourth-order valence-corrected chi connectivity index (χ4v) is 6.48. The van der Waals surface area contributed by atoms with E-state index in [-0.39, 0.29) is 30.0 Å². The molecule has 47 heavy (non-hydrogen) atoms. The lowest BCUT2D eigenvalue weighted by molar-refractivity contribution is -0.384. The van der Waals surface area contributed by atoms with Gasteiger partial charge in [-0.15, -0.1) is 0 Å². The van der Waals surface area contributed by atoms with E-state index in [9.17, 15) is 19.7 Å². The molecule has 0 N–H and O–H groups in total. The molecule has 0 aliphatic carbocycles. The Labute approximate surface area is 282 Å². The lowest BCUT2D eigenvalue weighted by Gasteiger charge is -2.25. The van der Waals surface area contributed by atoms with Crippen molar-refractivity contribution in [1.82, 2.24) is 4.57 Å². The summed E-state index contributed by atoms with van der Waals surface area (Å²) in [5, 5.41) is 12.0. The van der Waals surface area contributed by atoms with Crippen LogP contribution in [0.2, 0.25) is 10.0 Å². The lowest BCUT2D eigenvalue weighted by Crippen LogP contribution is -2.40. The van der Waals surface area contributed by atoms with Crippen molar-refractivity contribution in [2.75, 3.05) is 6.61 Å². The van der Waals surface area contributed by atoms with E-state index in [1.54, 1.807) is 67.6 Å². The molecule has 1 atom stereocenters. The molecule has 0 spiro atoms. The minimum absolute atomic E-state index is 0.0188. The first kappa shape index (κ1) is 31.9. The Hall–Kier alpha value is -5.03.